The molecule has 112 valence electrons. The molecule has 20 heavy (non-hydrogen) atoms. The molecule has 1 aliphatic heterocycles. The molecule has 1 fully saturated rings. The summed E-state index contributed by atoms with van der Waals surface area (Å²) in [5.74, 6) is -1.41. The minimum atomic E-state index is -4.57. The summed E-state index contributed by atoms with van der Waals surface area (Å²) in [4.78, 5) is 11.7. The fourth-order valence-electron chi connectivity index (χ4n) is 1.93. The highest BCUT2D eigenvalue weighted by Gasteiger charge is 2.31. The second-order valence-electron chi connectivity index (χ2n) is 4.33. The molecule has 2 N–H and O–H groups in total. The fourth-order valence-corrected chi connectivity index (χ4v) is 1.93. The van der Waals surface area contributed by atoms with Gasteiger partial charge in [-0.25, -0.2) is 4.39 Å². The molecule has 3 nitrogen and oxygen atoms in total. The minimum absolute atomic E-state index is 0. The number of halogens is 5. The van der Waals surface area contributed by atoms with E-state index >= 15 is 0 Å². The number of hydrogen-bond acceptors (Lipinski definition) is 2. The van der Waals surface area contributed by atoms with Gasteiger partial charge in [-0.2, -0.15) is 13.2 Å². The molecule has 0 radical (unpaired) electrons. The summed E-state index contributed by atoms with van der Waals surface area (Å²) < 4.78 is 50.9. The lowest BCUT2D eigenvalue weighted by atomic mass is 10.1. The van der Waals surface area contributed by atoms with Crippen LogP contribution in [0.2, 0.25) is 0 Å². The summed E-state index contributed by atoms with van der Waals surface area (Å²) in [6.45, 7) is 0.670. The molecule has 2 rings (SSSR count). The summed E-state index contributed by atoms with van der Waals surface area (Å²) in [7, 11) is 0. The van der Waals surface area contributed by atoms with Gasteiger partial charge in [0.15, 0.2) is 0 Å². The third kappa shape index (κ3) is 3.83. The lowest BCUT2D eigenvalue weighted by molar-refractivity contribution is -0.137. The van der Waals surface area contributed by atoms with Gasteiger partial charge in [-0.3, -0.25) is 4.79 Å². The normalized spacial score (nSPS) is 18.5. The van der Waals surface area contributed by atoms with Gasteiger partial charge in [-0.1, -0.05) is 0 Å². The van der Waals surface area contributed by atoms with Crippen LogP contribution in [0.4, 0.5) is 23.2 Å². The molecule has 1 aliphatic rings. The molecule has 1 atom stereocenters. The highest BCUT2D eigenvalue weighted by atomic mass is 35.5. The van der Waals surface area contributed by atoms with Crippen molar-refractivity contribution in [1.82, 2.24) is 5.32 Å². The number of alkyl halides is 3. The number of benzene rings is 1. The number of carbonyl (C=O) groups excluding carboxylic acids is 1. The van der Waals surface area contributed by atoms with Crippen molar-refractivity contribution in [2.75, 3.05) is 11.9 Å². The highest BCUT2D eigenvalue weighted by Crippen LogP contribution is 2.31. The third-order valence-corrected chi connectivity index (χ3v) is 2.93. The van der Waals surface area contributed by atoms with Crippen LogP contribution in [0.15, 0.2) is 18.2 Å². The van der Waals surface area contributed by atoms with Crippen molar-refractivity contribution in [3.8, 4) is 0 Å². The Hall–Kier alpha value is -1.34. The van der Waals surface area contributed by atoms with Crippen LogP contribution in [0.1, 0.15) is 18.4 Å². The van der Waals surface area contributed by atoms with E-state index in [0.717, 1.165) is 6.42 Å². The predicted octanol–water partition coefficient (Wildman–Crippen LogP) is 2.96. The Morgan fingerprint density at radius 3 is 2.60 bits per heavy atom. The molecule has 1 aromatic carbocycles. The van der Waals surface area contributed by atoms with Crippen LogP contribution in [0.3, 0.4) is 0 Å². The van der Waals surface area contributed by atoms with Crippen LogP contribution < -0.4 is 10.6 Å². The van der Waals surface area contributed by atoms with Crippen LogP contribution in [0.25, 0.3) is 0 Å². The molecule has 0 bridgehead atoms. The molecule has 1 unspecified atom stereocenters. The van der Waals surface area contributed by atoms with Crippen LogP contribution in [-0.4, -0.2) is 18.5 Å². The smallest absolute Gasteiger partial charge is 0.322 e. The molecular weight excluding hydrogens is 300 g/mol. The molecular formula is C12H13ClF4N2O. The van der Waals surface area contributed by atoms with E-state index in [9.17, 15) is 22.4 Å². The number of amides is 1. The SMILES string of the molecule is Cl.O=C(Nc1cc(C(F)(F)F)ccc1F)C1CCCN1. The molecule has 0 aliphatic carbocycles. The van der Waals surface area contributed by atoms with E-state index in [4.69, 9.17) is 0 Å². The van der Waals surface area contributed by atoms with Gasteiger partial charge in [0, 0.05) is 0 Å². The molecule has 1 aromatic rings. The maximum absolute atomic E-state index is 13.4. The van der Waals surface area contributed by atoms with E-state index < -0.39 is 35.2 Å². The Morgan fingerprint density at radius 2 is 2.05 bits per heavy atom. The third-order valence-electron chi connectivity index (χ3n) is 2.93. The lowest BCUT2D eigenvalue weighted by Crippen LogP contribution is -2.35. The van der Waals surface area contributed by atoms with Crippen molar-refractivity contribution in [1.29, 1.82) is 0 Å². The fraction of sp³-hybridized carbons (Fsp3) is 0.417. The van der Waals surface area contributed by atoms with Gasteiger partial charge in [0.2, 0.25) is 5.91 Å². The van der Waals surface area contributed by atoms with E-state index in [-0.39, 0.29) is 12.4 Å². The van der Waals surface area contributed by atoms with E-state index in [1.165, 1.54) is 0 Å². The predicted molar refractivity (Wildman–Crippen MR) is 68.3 cm³/mol. The Labute approximate surface area is 119 Å². The first-order valence-electron chi connectivity index (χ1n) is 5.79. The average molecular weight is 313 g/mol. The topological polar surface area (TPSA) is 41.1 Å². The first kappa shape index (κ1) is 16.7. The number of hydrogen-bond donors (Lipinski definition) is 2. The largest absolute Gasteiger partial charge is 0.416 e. The summed E-state index contributed by atoms with van der Waals surface area (Å²) in [5.41, 5.74) is -1.45. The van der Waals surface area contributed by atoms with Gasteiger partial charge < -0.3 is 10.6 Å². The molecule has 0 aromatic heterocycles. The molecule has 1 amide bonds. The van der Waals surface area contributed by atoms with Gasteiger partial charge in [0.05, 0.1) is 17.3 Å². The van der Waals surface area contributed by atoms with Crippen molar-refractivity contribution in [2.45, 2.75) is 25.1 Å². The van der Waals surface area contributed by atoms with Crippen LogP contribution in [-0.2, 0) is 11.0 Å². The van der Waals surface area contributed by atoms with Crippen molar-refractivity contribution >= 4 is 24.0 Å². The summed E-state index contributed by atoms with van der Waals surface area (Å²) >= 11 is 0. The molecule has 8 heteroatoms. The number of anilines is 1. The summed E-state index contributed by atoms with van der Waals surface area (Å²) in [5, 5.41) is 5.07. The number of rotatable bonds is 2. The zero-order valence-corrected chi connectivity index (χ0v) is 11.1. The van der Waals surface area contributed by atoms with E-state index in [0.29, 0.717) is 31.2 Å². The monoisotopic (exact) mass is 312 g/mol. The number of nitrogens with one attached hydrogen (secondary N) is 2. The van der Waals surface area contributed by atoms with Gasteiger partial charge in [0.25, 0.3) is 0 Å². The first-order valence-corrected chi connectivity index (χ1v) is 5.79. The average Bonchev–Trinajstić information content (AvgIpc) is 2.84. The van der Waals surface area contributed by atoms with E-state index in [2.05, 4.69) is 10.6 Å². The molecule has 0 saturated carbocycles. The van der Waals surface area contributed by atoms with Gasteiger partial charge in [-0.05, 0) is 37.6 Å². The van der Waals surface area contributed by atoms with Crippen molar-refractivity contribution < 1.29 is 22.4 Å². The maximum atomic E-state index is 13.4. The minimum Gasteiger partial charge on any atom is -0.322 e. The second kappa shape index (κ2) is 6.41. The Kier molecular flexibility index (Phi) is 5.35. The van der Waals surface area contributed by atoms with Crippen LogP contribution in [0.5, 0.6) is 0 Å². The molecule has 1 heterocycles. The van der Waals surface area contributed by atoms with Gasteiger partial charge >= 0.3 is 6.18 Å². The number of carbonyl (C=O) groups is 1. The maximum Gasteiger partial charge on any atom is 0.416 e. The van der Waals surface area contributed by atoms with Crippen molar-refractivity contribution in [3.63, 3.8) is 0 Å². The first-order chi connectivity index (χ1) is 8.88. The zero-order valence-electron chi connectivity index (χ0n) is 10.3. The quantitative estimate of drug-likeness (QED) is 0.824. The summed E-state index contributed by atoms with van der Waals surface area (Å²) in [6, 6.07) is 1.45. The second-order valence-corrected chi connectivity index (χ2v) is 4.33. The molecule has 0 spiro atoms. The zero-order chi connectivity index (χ0) is 14.0. The van der Waals surface area contributed by atoms with E-state index in [1.54, 1.807) is 0 Å². The molecule has 1 saturated heterocycles. The standard InChI is InChI=1S/C12H12F4N2O.ClH/c13-8-4-3-7(12(14,15)16)6-10(8)18-11(19)9-2-1-5-17-9;/h3-4,6,9,17H,1-2,5H2,(H,18,19);1H. The van der Waals surface area contributed by atoms with Gasteiger partial charge in [-0.15, -0.1) is 12.4 Å². The van der Waals surface area contributed by atoms with Crippen LogP contribution >= 0.6 is 12.4 Å². The lowest BCUT2D eigenvalue weighted by Gasteiger charge is -2.13. The Balaban J connectivity index is 0.00000200. The van der Waals surface area contributed by atoms with E-state index in [1.807, 2.05) is 0 Å². The highest BCUT2D eigenvalue weighted by molar-refractivity contribution is 5.95. The Bertz CT molecular complexity index is 487. The summed E-state index contributed by atoms with van der Waals surface area (Å²) in [6.07, 6.45) is -3.17. The Morgan fingerprint density at radius 1 is 1.35 bits per heavy atom. The van der Waals surface area contributed by atoms with Crippen molar-refractivity contribution in [3.05, 3.63) is 29.6 Å². The van der Waals surface area contributed by atoms with Crippen LogP contribution in [0, 0.1) is 5.82 Å². The van der Waals surface area contributed by atoms with Crippen molar-refractivity contribution in [2.24, 2.45) is 0 Å². The van der Waals surface area contributed by atoms with Gasteiger partial charge in [0.1, 0.15) is 5.82 Å².